The molecule has 0 radical (unpaired) electrons. The smallest absolute Gasteiger partial charge is 0.355 e. The molecule has 9 nitrogen and oxygen atoms in total. The summed E-state index contributed by atoms with van der Waals surface area (Å²) in [5, 5.41) is 12.8. The predicted molar refractivity (Wildman–Crippen MR) is 111 cm³/mol. The van der Waals surface area contributed by atoms with Crippen molar-refractivity contribution < 1.29 is 26.7 Å². The van der Waals surface area contributed by atoms with E-state index in [1.54, 1.807) is 12.3 Å². The topological polar surface area (TPSA) is 92.4 Å². The van der Waals surface area contributed by atoms with Crippen LogP contribution in [0, 0.1) is 5.41 Å². The molecule has 1 amide bonds. The fourth-order valence-corrected chi connectivity index (χ4v) is 4.16. The Bertz CT molecular complexity index is 1220. The van der Waals surface area contributed by atoms with Gasteiger partial charge in [-0.25, -0.2) is 18.3 Å². The van der Waals surface area contributed by atoms with Crippen LogP contribution in [0.5, 0.6) is 0 Å². The zero-order valence-electron chi connectivity index (χ0n) is 17.8. The molecule has 5 rings (SSSR count). The van der Waals surface area contributed by atoms with Crippen LogP contribution in [-0.2, 0) is 12.7 Å². The lowest BCUT2D eigenvalue weighted by molar-refractivity contribution is -0.141. The Morgan fingerprint density at radius 3 is 2.79 bits per heavy atom. The largest absolute Gasteiger partial charge is 0.437 e. The molecular formula is C20H21F5N8O. The van der Waals surface area contributed by atoms with Crippen molar-refractivity contribution in [2.24, 2.45) is 5.41 Å². The molecule has 1 aliphatic heterocycles. The first kappa shape index (κ1) is 22.5. The van der Waals surface area contributed by atoms with E-state index in [-0.39, 0.29) is 16.6 Å². The van der Waals surface area contributed by atoms with Crippen LogP contribution >= 0.6 is 0 Å². The van der Waals surface area contributed by atoms with E-state index in [1.165, 1.54) is 10.7 Å². The van der Waals surface area contributed by atoms with Crippen LogP contribution in [-0.4, -0.2) is 62.9 Å². The number of anilines is 2. The molecule has 4 heterocycles. The monoisotopic (exact) mass is 484 g/mol. The second-order valence-corrected chi connectivity index (χ2v) is 8.67. The highest BCUT2D eigenvalue weighted by molar-refractivity contribution is 6.08. The van der Waals surface area contributed by atoms with Crippen molar-refractivity contribution in [1.82, 2.24) is 29.7 Å². The lowest BCUT2D eigenvalue weighted by atomic mass is 10.1. The van der Waals surface area contributed by atoms with Gasteiger partial charge in [-0.1, -0.05) is 0 Å². The molecule has 0 aromatic carbocycles. The van der Waals surface area contributed by atoms with Crippen molar-refractivity contribution >= 4 is 23.1 Å². The summed E-state index contributed by atoms with van der Waals surface area (Å²) in [6.07, 6.45) is -2.03. The van der Waals surface area contributed by atoms with Crippen molar-refractivity contribution in [3.63, 3.8) is 0 Å². The van der Waals surface area contributed by atoms with Gasteiger partial charge in [-0.3, -0.25) is 9.48 Å². The second kappa shape index (κ2) is 8.18. The molecule has 1 saturated carbocycles. The predicted octanol–water partition coefficient (Wildman–Crippen LogP) is 2.65. The van der Waals surface area contributed by atoms with E-state index in [4.69, 9.17) is 0 Å². The van der Waals surface area contributed by atoms with Crippen LogP contribution < -0.4 is 15.5 Å². The summed E-state index contributed by atoms with van der Waals surface area (Å²) in [6.45, 7) is 2.22. The molecule has 2 N–H and O–H groups in total. The highest BCUT2D eigenvalue weighted by Gasteiger charge is 2.45. The van der Waals surface area contributed by atoms with Crippen LogP contribution in [0.4, 0.5) is 33.5 Å². The fraction of sp³-hybridized carbons (Fsp3) is 0.500. The van der Waals surface area contributed by atoms with Crippen molar-refractivity contribution in [2.75, 3.05) is 36.4 Å². The summed E-state index contributed by atoms with van der Waals surface area (Å²) >= 11 is 0. The van der Waals surface area contributed by atoms with Gasteiger partial charge in [0.15, 0.2) is 11.3 Å². The number of nitrogens with one attached hydrogen (secondary N) is 2. The van der Waals surface area contributed by atoms with Gasteiger partial charge < -0.3 is 15.5 Å². The maximum atomic E-state index is 13.4. The number of carbonyl (C=O) groups is 1. The van der Waals surface area contributed by atoms with E-state index in [1.807, 2.05) is 0 Å². The van der Waals surface area contributed by atoms with Crippen LogP contribution in [0.15, 0.2) is 24.7 Å². The van der Waals surface area contributed by atoms with Gasteiger partial charge >= 0.3 is 6.18 Å². The van der Waals surface area contributed by atoms with Gasteiger partial charge in [-0.2, -0.15) is 23.4 Å². The number of hydrogen-bond donors (Lipinski definition) is 2. The van der Waals surface area contributed by atoms with Crippen molar-refractivity contribution in [2.45, 2.75) is 32.0 Å². The van der Waals surface area contributed by atoms with Crippen LogP contribution in [0.3, 0.4) is 0 Å². The summed E-state index contributed by atoms with van der Waals surface area (Å²) in [6, 6.07) is 1.78. The van der Waals surface area contributed by atoms with Gasteiger partial charge in [0.05, 0.1) is 11.9 Å². The van der Waals surface area contributed by atoms with E-state index in [0.717, 1.165) is 45.2 Å². The van der Waals surface area contributed by atoms with Gasteiger partial charge in [-0.05, 0) is 18.9 Å². The fourth-order valence-electron chi connectivity index (χ4n) is 4.16. The Morgan fingerprint density at radius 1 is 1.29 bits per heavy atom. The minimum atomic E-state index is -4.94. The van der Waals surface area contributed by atoms with E-state index >= 15 is 0 Å². The number of carbonyl (C=O) groups excluding carboxylic acids is 1. The van der Waals surface area contributed by atoms with Gasteiger partial charge in [0.25, 0.3) is 12.3 Å². The Balaban J connectivity index is 1.43. The molecule has 0 bridgehead atoms. The zero-order valence-corrected chi connectivity index (χ0v) is 17.8. The molecule has 0 atom stereocenters. The third kappa shape index (κ3) is 4.41. The molecule has 0 unspecified atom stereocenters. The van der Waals surface area contributed by atoms with Crippen molar-refractivity contribution in [3.8, 4) is 0 Å². The molecule has 1 aliphatic carbocycles. The number of aromatic nitrogens is 5. The van der Waals surface area contributed by atoms with Crippen LogP contribution in [0.2, 0.25) is 0 Å². The van der Waals surface area contributed by atoms with Crippen LogP contribution in [0.25, 0.3) is 5.65 Å². The van der Waals surface area contributed by atoms with E-state index in [9.17, 15) is 26.7 Å². The number of halogens is 5. The number of fused-ring (bicyclic) bond motifs is 1. The number of rotatable bonds is 5. The summed E-state index contributed by atoms with van der Waals surface area (Å²) in [4.78, 5) is 19.6. The van der Waals surface area contributed by atoms with E-state index < -0.39 is 36.4 Å². The first-order valence-electron chi connectivity index (χ1n) is 10.7. The lowest BCUT2D eigenvalue weighted by Crippen LogP contribution is -2.31. The first-order chi connectivity index (χ1) is 16.1. The first-order valence-corrected chi connectivity index (χ1v) is 10.7. The molecule has 1 spiro atoms. The standard InChI is InChI=1S/C20H21F5N8O/c21-14(22)9-32-8-13(16(30-32)20(23,24)25)28-18(34)12-7-27-33-5-1-15(29-17(12)33)31-6-4-26-10-19(11-31)2-3-19/h1,5,7-8,14,26H,2-4,6,9-11H2,(H,28,34). The molecular weight excluding hydrogens is 463 g/mol. The summed E-state index contributed by atoms with van der Waals surface area (Å²) in [7, 11) is 0. The number of nitrogens with zero attached hydrogens (tertiary/aromatic N) is 6. The summed E-state index contributed by atoms with van der Waals surface area (Å²) in [5.74, 6) is -0.268. The average molecular weight is 484 g/mol. The highest BCUT2D eigenvalue weighted by atomic mass is 19.4. The van der Waals surface area contributed by atoms with E-state index in [0.29, 0.717) is 10.5 Å². The van der Waals surface area contributed by atoms with Gasteiger partial charge in [0.1, 0.15) is 17.9 Å². The minimum Gasteiger partial charge on any atom is -0.355 e. The zero-order chi connectivity index (χ0) is 24.1. The molecule has 1 saturated heterocycles. The maximum Gasteiger partial charge on any atom is 0.437 e. The molecule has 182 valence electrons. The molecule has 14 heteroatoms. The minimum absolute atomic E-state index is 0.0503. The second-order valence-electron chi connectivity index (χ2n) is 8.67. The highest BCUT2D eigenvalue weighted by Crippen LogP contribution is 2.46. The summed E-state index contributed by atoms with van der Waals surface area (Å²) < 4.78 is 67.1. The van der Waals surface area contributed by atoms with Gasteiger partial charge in [0, 0.05) is 44.0 Å². The molecule has 3 aromatic rings. The van der Waals surface area contributed by atoms with Crippen molar-refractivity contribution in [1.29, 1.82) is 0 Å². The van der Waals surface area contributed by atoms with Gasteiger partial charge in [-0.15, -0.1) is 0 Å². The SMILES string of the molecule is O=C(Nc1cn(CC(F)F)nc1C(F)(F)F)c1cnn2ccc(N3CCNCC4(CC4)C3)nc12. The summed E-state index contributed by atoms with van der Waals surface area (Å²) in [5.41, 5.74) is -1.84. The maximum absolute atomic E-state index is 13.4. The Morgan fingerprint density at radius 2 is 2.09 bits per heavy atom. The lowest BCUT2D eigenvalue weighted by Gasteiger charge is -2.24. The number of amides is 1. The number of alkyl halides is 5. The van der Waals surface area contributed by atoms with Crippen molar-refractivity contribution in [3.05, 3.63) is 35.9 Å². The molecule has 2 fully saturated rings. The van der Waals surface area contributed by atoms with Crippen LogP contribution in [0.1, 0.15) is 28.9 Å². The third-order valence-electron chi connectivity index (χ3n) is 6.07. The normalized spacial score (nSPS) is 18.0. The van der Waals surface area contributed by atoms with E-state index in [2.05, 4.69) is 30.7 Å². The Hall–Kier alpha value is -3.29. The molecule has 34 heavy (non-hydrogen) atoms. The molecule has 3 aromatic heterocycles. The number of hydrogen-bond acceptors (Lipinski definition) is 6. The Kier molecular flexibility index (Phi) is 5.41. The quantitative estimate of drug-likeness (QED) is 0.541. The molecule has 2 aliphatic rings. The average Bonchev–Trinajstić information content (AvgIpc) is 3.29. The van der Waals surface area contributed by atoms with Gasteiger partial charge in [0.2, 0.25) is 0 Å². The Labute approximate surface area is 189 Å². The third-order valence-corrected chi connectivity index (χ3v) is 6.07.